The minimum atomic E-state index is -0.287. The largest absolute Gasteiger partial charge is 0.497 e. The summed E-state index contributed by atoms with van der Waals surface area (Å²) >= 11 is 0. The summed E-state index contributed by atoms with van der Waals surface area (Å²) in [6.45, 7) is 4.29. The Morgan fingerprint density at radius 2 is 1.97 bits per heavy atom. The zero-order valence-corrected chi connectivity index (χ0v) is 20.3. The number of hydrogen-bond acceptors (Lipinski definition) is 5. The van der Waals surface area contributed by atoms with Crippen molar-refractivity contribution in [1.29, 1.82) is 0 Å². The lowest BCUT2D eigenvalue weighted by Gasteiger charge is -2.21. The number of benzene rings is 2. The van der Waals surface area contributed by atoms with Crippen molar-refractivity contribution in [3.63, 3.8) is 0 Å². The summed E-state index contributed by atoms with van der Waals surface area (Å²) in [6, 6.07) is 8.62. The minimum absolute atomic E-state index is 0. The summed E-state index contributed by atoms with van der Waals surface area (Å²) in [6.07, 6.45) is 0.594. The molecule has 0 bridgehead atoms. The Kier molecular flexibility index (Phi) is 10.1. The summed E-state index contributed by atoms with van der Waals surface area (Å²) < 4.78 is 35.4. The molecule has 1 heterocycles. The van der Waals surface area contributed by atoms with Crippen molar-refractivity contribution in [2.24, 2.45) is 4.99 Å². The van der Waals surface area contributed by atoms with Crippen LogP contribution in [0.4, 0.5) is 4.39 Å². The Bertz CT molecular complexity index is 895. The molecule has 2 N–H and O–H groups in total. The van der Waals surface area contributed by atoms with Crippen LogP contribution in [-0.2, 0) is 24.3 Å². The summed E-state index contributed by atoms with van der Waals surface area (Å²) in [5.74, 6) is 2.56. The van der Waals surface area contributed by atoms with Gasteiger partial charge < -0.3 is 29.6 Å². The average molecular weight is 545 g/mol. The van der Waals surface area contributed by atoms with Gasteiger partial charge in [0.2, 0.25) is 0 Å². The van der Waals surface area contributed by atoms with Crippen LogP contribution < -0.4 is 24.8 Å². The lowest BCUT2D eigenvalue weighted by atomic mass is 10.1. The molecule has 3 rings (SSSR count). The molecular weight excluding hydrogens is 516 g/mol. The molecule has 1 aliphatic heterocycles. The van der Waals surface area contributed by atoms with Crippen molar-refractivity contribution >= 4 is 29.9 Å². The molecule has 0 atom stereocenters. The predicted octanol–water partition coefficient (Wildman–Crippen LogP) is 3.63. The van der Waals surface area contributed by atoms with Gasteiger partial charge in [-0.05, 0) is 43.2 Å². The van der Waals surface area contributed by atoms with Crippen molar-refractivity contribution in [2.45, 2.75) is 26.5 Å². The van der Waals surface area contributed by atoms with E-state index in [0.717, 1.165) is 34.7 Å². The van der Waals surface area contributed by atoms with Gasteiger partial charge in [0.15, 0.2) is 12.8 Å². The maximum atomic E-state index is 13.9. The van der Waals surface area contributed by atoms with Crippen molar-refractivity contribution in [2.75, 3.05) is 34.1 Å². The monoisotopic (exact) mass is 545 g/mol. The van der Waals surface area contributed by atoms with Crippen LogP contribution >= 0.6 is 24.0 Å². The van der Waals surface area contributed by atoms with E-state index in [0.29, 0.717) is 37.8 Å². The molecule has 0 unspecified atom stereocenters. The highest BCUT2D eigenvalue weighted by molar-refractivity contribution is 14.0. The van der Waals surface area contributed by atoms with E-state index in [-0.39, 0.29) is 36.6 Å². The highest BCUT2D eigenvalue weighted by atomic mass is 127. The number of hydrogen-bond donors (Lipinski definition) is 2. The lowest BCUT2D eigenvalue weighted by Crippen LogP contribution is -2.38. The highest BCUT2D eigenvalue weighted by Gasteiger charge is 2.16. The normalized spacial score (nSPS) is 12.8. The molecule has 31 heavy (non-hydrogen) atoms. The van der Waals surface area contributed by atoms with Crippen molar-refractivity contribution in [1.82, 2.24) is 10.6 Å². The van der Waals surface area contributed by atoms with Crippen molar-refractivity contribution in [3.05, 3.63) is 52.8 Å². The Balaban J connectivity index is 0.00000341. The summed E-state index contributed by atoms with van der Waals surface area (Å²) in [5.41, 5.74) is 2.50. The zero-order valence-electron chi connectivity index (χ0n) is 18.0. The molecule has 9 heteroatoms. The van der Waals surface area contributed by atoms with Gasteiger partial charge >= 0.3 is 0 Å². The van der Waals surface area contributed by atoms with Crippen LogP contribution in [0, 0.1) is 5.82 Å². The molecule has 0 spiro atoms. The third-order valence-electron chi connectivity index (χ3n) is 4.68. The molecule has 0 fully saturated rings. The Hall–Kier alpha value is -2.27. The van der Waals surface area contributed by atoms with Crippen LogP contribution in [0.5, 0.6) is 17.2 Å². The van der Waals surface area contributed by atoms with Crippen LogP contribution in [0.1, 0.15) is 23.6 Å². The molecule has 7 nitrogen and oxygen atoms in total. The lowest BCUT2D eigenvalue weighted by molar-refractivity contribution is -0.0172. The standard InChI is InChI=1S/C22H28FN3O4.HI/c1-4-24-22(26-12-16-5-6-19(27-2)11-20(16)28-3)25-8-7-15-9-18(23)10-17-13-29-14-30-21(15)17;/h5-6,9-11H,4,7-8,12-14H2,1-3H3,(H2,24,25,26);1H. The smallest absolute Gasteiger partial charge is 0.191 e. The van der Waals surface area contributed by atoms with E-state index >= 15 is 0 Å². The van der Waals surface area contributed by atoms with Crippen LogP contribution in [0.3, 0.4) is 0 Å². The van der Waals surface area contributed by atoms with Gasteiger partial charge in [0, 0.05) is 30.3 Å². The third-order valence-corrected chi connectivity index (χ3v) is 4.68. The van der Waals surface area contributed by atoms with Crippen LogP contribution in [0.25, 0.3) is 0 Å². The first kappa shape index (κ1) is 25.0. The first-order valence-electron chi connectivity index (χ1n) is 9.89. The van der Waals surface area contributed by atoms with E-state index in [9.17, 15) is 4.39 Å². The van der Waals surface area contributed by atoms with Gasteiger partial charge in [0.1, 0.15) is 23.1 Å². The second kappa shape index (κ2) is 12.6. The number of nitrogens with one attached hydrogen (secondary N) is 2. The van der Waals surface area contributed by atoms with E-state index in [1.807, 2.05) is 25.1 Å². The molecular formula is C22H29FIN3O4. The topological polar surface area (TPSA) is 73.3 Å². The number of nitrogens with zero attached hydrogens (tertiary/aromatic N) is 1. The van der Waals surface area contributed by atoms with E-state index in [1.165, 1.54) is 12.1 Å². The number of ether oxygens (including phenoxy) is 4. The van der Waals surface area contributed by atoms with Crippen LogP contribution in [-0.4, -0.2) is 40.1 Å². The number of halogens is 2. The Labute approximate surface area is 199 Å². The molecule has 0 saturated carbocycles. The number of methoxy groups -OCH3 is 2. The number of fused-ring (bicyclic) bond motifs is 1. The van der Waals surface area contributed by atoms with Crippen molar-refractivity contribution < 1.29 is 23.3 Å². The quantitative estimate of drug-likeness (QED) is 0.300. The molecule has 2 aromatic rings. The second-order valence-electron chi connectivity index (χ2n) is 6.71. The van der Waals surface area contributed by atoms with Gasteiger partial charge in [-0.25, -0.2) is 9.38 Å². The number of aliphatic imine (C=N–C) groups is 1. The number of guanidine groups is 1. The molecule has 2 aromatic carbocycles. The SMILES string of the molecule is CCNC(=NCc1ccc(OC)cc1OC)NCCc1cc(F)cc2c1OCOC2.I. The average Bonchev–Trinajstić information content (AvgIpc) is 2.77. The summed E-state index contributed by atoms with van der Waals surface area (Å²) in [7, 11) is 3.24. The minimum Gasteiger partial charge on any atom is -0.497 e. The van der Waals surface area contributed by atoms with Gasteiger partial charge in [0.05, 0.1) is 27.4 Å². The van der Waals surface area contributed by atoms with Gasteiger partial charge in [-0.15, -0.1) is 24.0 Å². The second-order valence-corrected chi connectivity index (χ2v) is 6.71. The van der Waals surface area contributed by atoms with Crippen molar-refractivity contribution in [3.8, 4) is 17.2 Å². The van der Waals surface area contributed by atoms with E-state index in [2.05, 4.69) is 15.6 Å². The molecule has 0 saturated heterocycles. The van der Waals surface area contributed by atoms with Gasteiger partial charge in [-0.2, -0.15) is 0 Å². The highest BCUT2D eigenvalue weighted by Crippen LogP contribution is 2.29. The Morgan fingerprint density at radius 3 is 2.71 bits per heavy atom. The van der Waals surface area contributed by atoms with Crippen LogP contribution in [0.15, 0.2) is 35.3 Å². The fourth-order valence-corrected chi connectivity index (χ4v) is 3.25. The third kappa shape index (κ3) is 6.86. The summed E-state index contributed by atoms with van der Waals surface area (Å²) in [5, 5.41) is 6.51. The predicted molar refractivity (Wildman–Crippen MR) is 128 cm³/mol. The van der Waals surface area contributed by atoms with Gasteiger partial charge in [-0.1, -0.05) is 0 Å². The fourth-order valence-electron chi connectivity index (χ4n) is 3.25. The molecule has 0 aromatic heterocycles. The first-order chi connectivity index (χ1) is 14.6. The number of rotatable bonds is 8. The van der Waals surface area contributed by atoms with Gasteiger partial charge in [0.25, 0.3) is 0 Å². The van der Waals surface area contributed by atoms with E-state index in [1.54, 1.807) is 14.2 Å². The fraction of sp³-hybridized carbons (Fsp3) is 0.409. The maximum Gasteiger partial charge on any atom is 0.191 e. The maximum absolute atomic E-state index is 13.9. The van der Waals surface area contributed by atoms with Gasteiger partial charge in [-0.3, -0.25) is 0 Å². The van der Waals surface area contributed by atoms with Crippen LogP contribution in [0.2, 0.25) is 0 Å². The van der Waals surface area contributed by atoms with E-state index < -0.39 is 0 Å². The first-order valence-corrected chi connectivity index (χ1v) is 9.89. The molecule has 1 aliphatic rings. The molecule has 0 amide bonds. The molecule has 0 aliphatic carbocycles. The molecule has 170 valence electrons. The van der Waals surface area contributed by atoms with E-state index in [4.69, 9.17) is 18.9 Å². The molecule has 0 radical (unpaired) electrons. The summed E-state index contributed by atoms with van der Waals surface area (Å²) in [4.78, 5) is 4.63. The Morgan fingerprint density at radius 1 is 1.13 bits per heavy atom. The zero-order chi connectivity index (χ0) is 21.3.